The molecule has 0 aliphatic heterocycles. The standard InChI is InChI=1S/C17H18FN3O/c1-20-16-13-9-12(18)7-8-14(13)21(15(16)10-19-20)17(22)11-5-3-2-4-6-11/h7-11H,2-6H2,1H3. The van der Waals surface area contributed by atoms with Crippen LogP contribution in [0.1, 0.15) is 36.9 Å². The first-order valence-electron chi connectivity index (χ1n) is 7.82. The second-order valence-corrected chi connectivity index (χ2v) is 6.17. The third kappa shape index (κ3) is 1.88. The van der Waals surface area contributed by atoms with E-state index in [1.54, 1.807) is 21.5 Å². The Balaban J connectivity index is 1.96. The van der Waals surface area contributed by atoms with Gasteiger partial charge in [-0.3, -0.25) is 14.0 Å². The molecule has 0 saturated heterocycles. The predicted molar refractivity (Wildman–Crippen MR) is 83.4 cm³/mol. The van der Waals surface area contributed by atoms with E-state index in [0.29, 0.717) is 0 Å². The van der Waals surface area contributed by atoms with Crippen LogP contribution < -0.4 is 0 Å². The summed E-state index contributed by atoms with van der Waals surface area (Å²) >= 11 is 0. The summed E-state index contributed by atoms with van der Waals surface area (Å²) < 4.78 is 17.1. The summed E-state index contributed by atoms with van der Waals surface area (Å²) in [7, 11) is 1.82. The highest BCUT2D eigenvalue weighted by atomic mass is 19.1. The van der Waals surface area contributed by atoms with Gasteiger partial charge in [-0.2, -0.15) is 5.10 Å². The molecule has 0 spiro atoms. The van der Waals surface area contributed by atoms with E-state index in [0.717, 1.165) is 47.6 Å². The number of fused-ring (bicyclic) bond motifs is 3. The van der Waals surface area contributed by atoms with Gasteiger partial charge in [0.1, 0.15) is 5.82 Å². The van der Waals surface area contributed by atoms with Crippen molar-refractivity contribution in [1.29, 1.82) is 0 Å². The number of hydrogen-bond donors (Lipinski definition) is 0. The zero-order chi connectivity index (χ0) is 15.3. The second-order valence-electron chi connectivity index (χ2n) is 6.17. The summed E-state index contributed by atoms with van der Waals surface area (Å²) in [6.45, 7) is 0. The molecule has 4 rings (SSSR count). The van der Waals surface area contributed by atoms with Crippen LogP contribution >= 0.6 is 0 Å². The molecule has 0 unspecified atom stereocenters. The third-order valence-corrected chi connectivity index (χ3v) is 4.79. The van der Waals surface area contributed by atoms with Crippen LogP contribution in [-0.4, -0.2) is 20.3 Å². The molecule has 0 atom stereocenters. The van der Waals surface area contributed by atoms with E-state index in [-0.39, 0.29) is 17.6 Å². The SMILES string of the molecule is Cn1ncc2c1c1cc(F)ccc1n2C(=O)C1CCCCC1. The Morgan fingerprint density at radius 2 is 2.00 bits per heavy atom. The van der Waals surface area contributed by atoms with Gasteiger partial charge in [0.2, 0.25) is 5.91 Å². The number of carbonyl (C=O) groups is 1. The van der Waals surface area contributed by atoms with Gasteiger partial charge < -0.3 is 0 Å². The van der Waals surface area contributed by atoms with E-state index in [1.807, 2.05) is 7.05 Å². The van der Waals surface area contributed by atoms with Crippen LogP contribution in [0.5, 0.6) is 0 Å². The van der Waals surface area contributed by atoms with Crippen LogP contribution in [0.25, 0.3) is 21.9 Å². The van der Waals surface area contributed by atoms with Crippen molar-refractivity contribution in [3.63, 3.8) is 0 Å². The molecule has 1 saturated carbocycles. The van der Waals surface area contributed by atoms with E-state index in [1.165, 1.54) is 18.6 Å². The lowest BCUT2D eigenvalue weighted by Gasteiger charge is -2.21. The summed E-state index contributed by atoms with van der Waals surface area (Å²) in [6.07, 6.45) is 7.03. The molecular formula is C17H18FN3O. The number of nitrogens with zero attached hydrogens (tertiary/aromatic N) is 3. The van der Waals surface area contributed by atoms with Gasteiger partial charge in [-0.25, -0.2) is 4.39 Å². The normalized spacial score (nSPS) is 16.6. The summed E-state index contributed by atoms with van der Waals surface area (Å²) in [6, 6.07) is 4.61. The van der Waals surface area contributed by atoms with Crippen molar-refractivity contribution in [2.75, 3.05) is 0 Å². The molecule has 114 valence electrons. The van der Waals surface area contributed by atoms with Crippen LogP contribution in [0.3, 0.4) is 0 Å². The average Bonchev–Trinajstić information content (AvgIpc) is 3.05. The maximum Gasteiger partial charge on any atom is 0.234 e. The molecule has 4 nitrogen and oxygen atoms in total. The van der Waals surface area contributed by atoms with Crippen molar-refractivity contribution in [2.45, 2.75) is 32.1 Å². The zero-order valence-corrected chi connectivity index (χ0v) is 12.6. The van der Waals surface area contributed by atoms with Crippen molar-refractivity contribution < 1.29 is 9.18 Å². The molecule has 1 aliphatic rings. The minimum atomic E-state index is -0.294. The van der Waals surface area contributed by atoms with Crippen molar-refractivity contribution >= 4 is 27.8 Å². The van der Waals surface area contributed by atoms with E-state index in [2.05, 4.69) is 5.10 Å². The number of aryl methyl sites for hydroxylation is 1. The van der Waals surface area contributed by atoms with Crippen molar-refractivity contribution in [3.8, 4) is 0 Å². The fraction of sp³-hybridized carbons (Fsp3) is 0.412. The molecule has 0 bridgehead atoms. The van der Waals surface area contributed by atoms with Gasteiger partial charge in [-0.15, -0.1) is 0 Å². The molecule has 22 heavy (non-hydrogen) atoms. The fourth-order valence-corrected chi connectivity index (χ4v) is 3.69. The van der Waals surface area contributed by atoms with Crippen LogP contribution in [-0.2, 0) is 7.05 Å². The Hall–Kier alpha value is -2.17. The topological polar surface area (TPSA) is 39.8 Å². The molecule has 0 radical (unpaired) electrons. The highest BCUT2D eigenvalue weighted by Gasteiger charge is 2.26. The van der Waals surface area contributed by atoms with Crippen molar-refractivity contribution in [2.24, 2.45) is 13.0 Å². The Bertz CT molecular complexity index is 871. The number of benzene rings is 1. The molecule has 1 aliphatic carbocycles. The lowest BCUT2D eigenvalue weighted by Crippen LogP contribution is -2.23. The first-order chi connectivity index (χ1) is 10.7. The number of rotatable bonds is 1. The van der Waals surface area contributed by atoms with Gasteiger partial charge in [0, 0.05) is 18.4 Å². The Labute approximate surface area is 127 Å². The zero-order valence-electron chi connectivity index (χ0n) is 12.6. The van der Waals surface area contributed by atoms with Crippen LogP contribution in [0, 0.1) is 11.7 Å². The van der Waals surface area contributed by atoms with Gasteiger partial charge >= 0.3 is 0 Å². The molecular weight excluding hydrogens is 281 g/mol. The van der Waals surface area contributed by atoms with E-state index >= 15 is 0 Å². The monoisotopic (exact) mass is 299 g/mol. The Morgan fingerprint density at radius 3 is 2.77 bits per heavy atom. The minimum absolute atomic E-state index is 0.0674. The largest absolute Gasteiger partial charge is 0.276 e. The minimum Gasteiger partial charge on any atom is -0.276 e. The van der Waals surface area contributed by atoms with Crippen LogP contribution in [0.15, 0.2) is 24.4 Å². The van der Waals surface area contributed by atoms with E-state index in [4.69, 9.17) is 0 Å². The molecule has 2 aromatic heterocycles. The lowest BCUT2D eigenvalue weighted by molar-refractivity contribution is 0.0812. The first kappa shape index (κ1) is 13.5. The van der Waals surface area contributed by atoms with E-state index < -0.39 is 0 Å². The van der Waals surface area contributed by atoms with Gasteiger partial charge in [0.15, 0.2) is 0 Å². The molecule has 1 fully saturated rings. The summed E-state index contributed by atoms with van der Waals surface area (Å²) in [5.74, 6) is -0.102. The van der Waals surface area contributed by atoms with E-state index in [9.17, 15) is 9.18 Å². The number of hydrogen-bond acceptors (Lipinski definition) is 2. The molecule has 1 aromatic carbocycles. The Kier molecular flexibility index (Phi) is 3.03. The second kappa shape index (κ2) is 4.93. The summed E-state index contributed by atoms with van der Waals surface area (Å²) in [5.41, 5.74) is 2.37. The molecule has 5 heteroatoms. The number of carbonyl (C=O) groups excluding carboxylic acids is 1. The summed E-state index contributed by atoms with van der Waals surface area (Å²) in [4.78, 5) is 13.0. The average molecular weight is 299 g/mol. The summed E-state index contributed by atoms with van der Waals surface area (Å²) in [5, 5.41) is 4.99. The van der Waals surface area contributed by atoms with Gasteiger partial charge in [0.25, 0.3) is 0 Å². The predicted octanol–water partition coefficient (Wildman–Crippen LogP) is 3.89. The Morgan fingerprint density at radius 1 is 1.23 bits per heavy atom. The maximum absolute atomic E-state index is 13.6. The van der Waals surface area contributed by atoms with Gasteiger partial charge in [-0.05, 0) is 31.0 Å². The molecule has 3 aromatic rings. The molecule has 2 heterocycles. The lowest BCUT2D eigenvalue weighted by atomic mass is 9.88. The van der Waals surface area contributed by atoms with Crippen LogP contribution in [0.2, 0.25) is 0 Å². The highest BCUT2D eigenvalue weighted by Crippen LogP contribution is 2.32. The highest BCUT2D eigenvalue weighted by molar-refractivity contribution is 6.12. The number of halogens is 1. The number of aromatic nitrogens is 3. The quantitative estimate of drug-likeness (QED) is 0.684. The van der Waals surface area contributed by atoms with Crippen molar-refractivity contribution in [1.82, 2.24) is 14.3 Å². The fourth-order valence-electron chi connectivity index (χ4n) is 3.69. The van der Waals surface area contributed by atoms with Crippen LogP contribution in [0.4, 0.5) is 4.39 Å². The smallest absolute Gasteiger partial charge is 0.234 e. The maximum atomic E-state index is 13.6. The molecule has 0 N–H and O–H groups in total. The third-order valence-electron chi connectivity index (χ3n) is 4.79. The van der Waals surface area contributed by atoms with Gasteiger partial charge in [-0.1, -0.05) is 19.3 Å². The van der Waals surface area contributed by atoms with Gasteiger partial charge in [0.05, 0.1) is 22.7 Å². The van der Waals surface area contributed by atoms with Crippen molar-refractivity contribution in [3.05, 3.63) is 30.2 Å². The molecule has 0 amide bonds. The first-order valence-corrected chi connectivity index (χ1v) is 7.82.